The first-order valence-electron chi connectivity index (χ1n) is 6.90. The largest absolute Gasteiger partial charge is 0.496 e. The third kappa shape index (κ3) is 4.34. The van der Waals surface area contributed by atoms with Gasteiger partial charge >= 0.3 is 0 Å². The van der Waals surface area contributed by atoms with Crippen LogP contribution in [0.5, 0.6) is 5.75 Å². The predicted molar refractivity (Wildman–Crippen MR) is 78.6 cm³/mol. The Kier molecular flexibility index (Phi) is 6.20. The van der Waals surface area contributed by atoms with Crippen molar-refractivity contribution in [3.8, 4) is 5.75 Å². The van der Waals surface area contributed by atoms with Gasteiger partial charge in [-0.25, -0.2) is 0 Å². The van der Waals surface area contributed by atoms with Crippen LogP contribution in [0.3, 0.4) is 0 Å². The van der Waals surface area contributed by atoms with Gasteiger partial charge in [-0.1, -0.05) is 26.0 Å². The van der Waals surface area contributed by atoms with Crippen molar-refractivity contribution in [2.45, 2.75) is 39.0 Å². The Labute approximate surface area is 112 Å². The number of aryl methyl sites for hydroxylation is 1. The van der Waals surface area contributed by atoms with Crippen molar-refractivity contribution in [1.29, 1.82) is 0 Å². The summed E-state index contributed by atoms with van der Waals surface area (Å²) < 4.78 is 5.46. The van der Waals surface area contributed by atoms with Gasteiger partial charge in [-0.3, -0.25) is 0 Å². The molecule has 1 aromatic rings. The number of hydrogen-bond acceptors (Lipinski definition) is 2. The van der Waals surface area contributed by atoms with E-state index in [1.807, 2.05) is 0 Å². The zero-order valence-electron chi connectivity index (χ0n) is 12.5. The molecule has 1 aromatic carbocycles. The van der Waals surface area contributed by atoms with Crippen molar-refractivity contribution in [2.75, 3.05) is 27.7 Å². The van der Waals surface area contributed by atoms with Crippen LogP contribution in [0.2, 0.25) is 0 Å². The number of hydrogen-bond donors (Lipinski definition) is 0. The Morgan fingerprint density at radius 1 is 1.28 bits per heavy atom. The third-order valence-electron chi connectivity index (χ3n) is 3.51. The molecule has 0 amide bonds. The average molecular weight is 249 g/mol. The van der Waals surface area contributed by atoms with E-state index in [4.69, 9.17) is 4.74 Å². The highest BCUT2D eigenvalue weighted by Gasteiger charge is 2.10. The van der Waals surface area contributed by atoms with Crippen LogP contribution in [0.15, 0.2) is 18.2 Å². The lowest BCUT2D eigenvalue weighted by Gasteiger charge is -2.16. The van der Waals surface area contributed by atoms with Gasteiger partial charge in [-0.2, -0.15) is 0 Å². The minimum Gasteiger partial charge on any atom is -0.496 e. The molecule has 0 heterocycles. The van der Waals surface area contributed by atoms with Crippen LogP contribution in [-0.4, -0.2) is 32.6 Å². The van der Waals surface area contributed by atoms with Crippen LogP contribution < -0.4 is 4.74 Å². The number of rotatable bonds is 7. The summed E-state index contributed by atoms with van der Waals surface area (Å²) in [5, 5.41) is 0. The topological polar surface area (TPSA) is 12.5 Å². The highest BCUT2D eigenvalue weighted by atomic mass is 16.5. The number of benzene rings is 1. The fraction of sp³-hybridized carbons (Fsp3) is 0.625. The first-order valence-corrected chi connectivity index (χ1v) is 6.90. The molecule has 0 saturated heterocycles. The first-order chi connectivity index (χ1) is 8.58. The molecule has 18 heavy (non-hydrogen) atoms. The molecule has 0 aliphatic heterocycles. The molecule has 0 N–H and O–H groups in total. The van der Waals surface area contributed by atoms with Gasteiger partial charge in [0.05, 0.1) is 7.11 Å². The van der Waals surface area contributed by atoms with Crippen molar-refractivity contribution in [1.82, 2.24) is 4.90 Å². The van der Waals surface area contributed by atoms with Crippen molar-refractivity contribution in [2.24, 2.45) is 0 Å². The monoisotopic (exact) mass is 249 g/mol. The normalized spacial score (nSPS) is 12.8. The quantitative estimate of drug-likeness (QED) is 0.730. The van der Waals surface area contributed by atoms with Crippen LogP contribution in [0.1, 0.15) is 43.7 Å². The maximum atomic E-state index is 5.46. The Balaban J connectivity index is 2.76. The van der Waals surface area contributed by atoms with E-state index in [-0.39, 0.29) is 0 Å². The van der Waals surface area contributed by atoms with Gasteiger partial charge in [0.2, 0.25) is 0 Å². The molecule has 0 saturated carbocycles. The molecule has 2 heteroatoms. The smallest absolute Gasteiger partial charge is 0.122 e. The van der Waals surface area contributed by atoms with Gasteiger partial charge in [-0.05, 0) is 63.0 Å². The van der Waals surface area contributed by atoms with Gasteiger partial charge in [0, 0.05) is 0 Å². The molecule has 0 aliphatic rings. The van der Waals surface area contributed by atoms with E-state index in [9.17, 15) is 0 Å². The predicted octanol–water partition coefficient (Wildman–Crippen LogP) is 3.70. The van der Waals surface area contributed by atoms with Crippen molar-refractivity contribution >= 4 is 0 Å². The number of methoxy groups -OCH3 is 1. The molecule has 0 aliphatic carbocycles. The molecule has 102 valence electrons. The lowest BCUT2D eigenvalue weighted by atomic mass is 9.94. The van der Waals surface area contributed by atoms with Gasteiger partial charge < -0.3 is 9.64 Å². The molecule has 1 unspecified atom stereocenters. The van der Waals surface area contributed by atoms with Crippen LogP contribution in [0, 0.1) is 0 Å². The van der Waals surface area contributed by atoms with E-state index < -0.39 is 0 Å². The third-order valence-corrected chi connectivity index (χ3v) is 3.51. The molecular weight excluding hydrogens is 222 g/mol. The van der Waals surface area contributed by atoms with E-state index in [2.05, 4.69) is 51.0 Å². The summed E-state index contributed by atoms with van der Waals surface area (Å²) in [5.41, 5.74) is 2.77. The van der Waals surface area contributed by atoms with E-state index >= 15 is 0 Å². The maximum absolute atomic E-state index is 5.46. The number of ether oxygens (including phenoxy) is 1. The Morgan fingerprint density at radius 2 is 2.00 bits per heavy atom. The number of nitrogens with zero attached hydrogens (tertiary/aromatic N) is 1. The van der Waals surface area contributed by atoms with Crippen molar-refractivity contribution < 1.29 is 4.74 Å². The van der Waals surface area contributed by atoms with Gasteiger partial charge in [0.25, 0.3) is 0 Å². The maximum Gasteiger partial charge on any atom is 0.122 e. The summed E-state index contributed by atoms with van der Waals surface area (Å²) in [6.45, 7) is 5.63. The van der Waals surface area contributed by atoms with Crippen LogP contribution in [-0.2, 0) is 6.42 Å². The summed E-state index contributed by atoms with van der Waals surface area (Å²) >= 11 is 0. The molecule has 1 atom stereocenters. The lowest BCUT2D eigenvalue weighted by molar-refractivity contribution is 0.399. The summed E-state index contributed by atoms with van der Waals surface area (Å²) in [5.74, 6) is 1.59. The zero-order chi connectivity index (χ0) is 13.5. The van der Waals surface area contributed by atoms with Crippen LogP contribution in [0.4, 0.5) is 0 Å². The van der Waals surface area contributed by atoms with Gasteiger partial charge in [0.1, 0.15) is 5.75 Å². The van der Waals surface area contributed by atoms with E-state index in [1.165, 1.54) is 17.5 Å². The van der Waals surface area contributed by atoms with E-state index in [1.54, 1.807) is 7.11 Å². The summed E-state index contributed by atoms with van der Waals surface area (Å²) in [7, 11) is 6.00. The second kappa shape index (κ2) is 7.42. The fourth-order valence-electron chi connectivity index (χ4n) is 2.14. The van der Waals surface area contributed by atoms with Crippen LogP contribution >= 0.6 is 0 Å². The zero-order valence-corrected chi connectivity index (χ0v) is 12.5. The molecule has 1 rings (SSSR count). The van der Waals surface area contributed by atoms with Crippen LogP contribution in [0.25, 0.3) is 0 Å². The summed E-state index contributed by atoms with van der Waals surface area (Å²) in [6.07, 6.45) is 3.50. The second-order valence-corrected chi connectivity index (χ2v) is 5.29. The average Bonchev–Trinajstić information content (AvgIpc) is 2.37. The van der Waals surface area contributed by atoms with E-state index in [0.29, 0.717) is 5.92 Å². The van der Waals surface area contributed by atoms with Crippen molar-refractivity contribution in [3.05, 3.63) is 29.3 Å². The minimum atomic E-state index is 0.564. The molecule has 2 nitrogen and oxygen atoms in total. The van der Waals surface area contributed by atoms with Crippen molar-refractivity contribution in [3.63, 3.8) is 0 Å². The summed E-state index contributed by atoms with van der Waals surface area (Å²) in [6, 6.07) is 6.63. The van der Waals surface area contributed by atoms with E-state index in [0.717, 1.165) is 25.1 Å². The summed E-state index contributed by atoms with van der Waals surface area (Å²) in [4.78, 5) is 2.24. The molecule has 0 aromatic heterocycles. The molecule has 0 fully saturated rings. The standard InChI is InChI=1S/C16H27NO/c1-6-13(2)15-12-14(8-7-11-17(3)4)9-10-16(15)18-5/h9-10,12-13H,6-8,11H2,1-5H3. The second-order valence-electron chi connectivity index (χ2n) is 5.29. The van der Waals surface area contributed by atoms with Gasteiger partial charge in [0.15, 0.2) is 0 Å². The highest BCUT2D eigenvalue weighted by molar-refractivity contribution is 5.39. The molecular formula is C16H27NO. The Bertz CT molecular complexity index is 360. The lowest BCUT2D eigenvalue weighted by Crippen LogP contribution is -2.13. The molecule has 0 radical (unpaired) electrons. The minimum absolute atomic E-state index is 0.564. The Morgan fingerprint density at radius 3 is 2.56 bits per heavy atom. The SMILES string of the molecule is CCC(C)c1cc(CCCN(C)C)ccc1OC. The Hall–Kier alpha value is -1.02. The first kappa shape index (κ1) is 15.0. The van der Waals surface area contributed by atoms with Gasteiger partial charge in [-0.15, -0.1) is 0 Å². The fourth-order valence-corrected chi connectivity index (χ4v) is 2.14. The highest BCUT2D eigenvalue weighted by Crippen LogP contribution is 2.29. The molecule has 0 bridgehead atoms. The molecule has 0 spiro atoms.